The van der Waals surface area contributed by atoms with Crippen LogP contribution in [-0.2, 0) is 11.3 Å². The minimum Gasteiger partial charge on any atom is -0.493 e. The zero-order valence-electron chi connectivity index (χ0n) is 7.87. The van der Waals surface area contributed by atoms with Crippen molar-refractivity contribution in [1.29, 1.82) is 0 Å². The predicted octanol–water partition coefficient (Wildman–Crippen LogP) is 2.01. The van der Waals surface area contributed by atoms with Gasteiger partial charge in [0.25, 0.3) is 0 Å². The summed E-state index contributed by atoms with van der Waals surface area (Å²) in [5.74, 6) is 1.30. The lowest BCUT2D eigenvalue weighted by atomic mass is 10.2. The van der Waals surface area contributed by atoms with Crippen molar-refractivity contribution in [3.05, 3.63) is 30.9 Å². The topological polar surface area (TPSA) is 27.7 Å². The van der Waals surface area contributed by atoms with E-state index in [9.17, 15) is 0 Å². The summed E-state index contributed by atoms with van der Waals surface area (Å²) in [7, 11) is 6.57. The quantitative estimate of drug-likeness (QED) is 0.711. The van der Waals surface area contributed by atoms with Crippen molar-refractivity contribution in [2.45, 2.75) is 6.61 Å². The molecule has 0 unspecified atom stereocenters. The first-order chi connectivity index (χ1) is 6.31. The molecule has 1 aromatic carbocycles. The van der Waals surface area contributed by atoms with Gasteiger partial charge in [-0.1, -0.05) is 6.07 Å². The number of rotatable bonds is 4. The SMILES string of the molecule is [CH2]Oc1ccc(COC)cc1OC. The molecule has 0 atom stereocenters. The van der Waals surface area contributed by atoms with E-state index in [2.05, 4.69) is 7.11 Å². The lowest BCUT2D eigenvalue weighted by Gasteiger charge is -2.08. The molecule has 0 fully saturated rings. The first kappa shape index (κ1) is 9.86. The van der Waals surface area contributed by atoms with E-state index in [-0.39, 0.29) is 0 Å². The third-order valence-corrected chi connectivity index (χ3v) is 1.69. The van der Waals surface area contributed by atoms with Crippen molar-refractivity contribution >= 4 is 0 Å². The molecular weight excluding hydrogens is 168 g/mol. The van der Waals surface area contributed by atoms with Crippen LogP contribution in [0.15, 0.2) is 18.2 Å². The number of hydrogen-bond acceptors (Lipinski definition) is 3. The van der Waals surface area contributed by atoms with Gasteiger partial charge in [-0.2, -0.15) is 0 Å². The lowest BCUT2D eigenvalue weighted by molar-refractivity contribution is 0.184. The van der Waals surface area contributed by atoms with Crippen LogP contribution >= 0.6 is 0 Å². The highest BCUT2D eigenvalue weighted by molar-refractivity contribution is 5.42. The number of hydrogen-bond donors (Lipinski definition) is 0. The molecule has 3 nitrogen and oxygen atoms in total. The molecule has 0 saturated heterocycles. The third-order valence-electron chi connectivity index (χ3n) is 1.69. The molecule has 0 aliphatic heterocycles. The van der Waals surface area contributed by atoms with Crippen molar-refractivity contribution in [1.82, 2.24) is 0 Å². The fourth-order valence-electron chi connectivity index (χ4n) is 1.09. The van der Waals surface area contributed by atoms with Gasteiger partial charge in [-0.15, -0.1) is 0 Å². The average molecular weight is 181 g/mol. The standard InChI is InChI=1S/C10H13O3/c1-11-7-8-4-5-9(12-2)10(6-8)13-3/h4-6H,2,7H2,1,3H3. The van der Waals surface area contributed by atoms with E-state index in [1.165, 1.54) is 0 Å². The van der Waals surface area contributed by atoms with Gasteiger partial charge in [0.2, 0.25) is 0 Å². The van der Waals surface area contributed by atoms with Crippen LogP contribution in [0, 0.1) is 7.11 Å². The minimum atomic E-state index is 0.563. The molecule has 0 heterocycles. The van der Waals surface area contributed by atoms with Gasteiger partial charge >= 0.3 is 0 Å². The molecule has 1 rings (SSSR count). The van der Waals surface area contributed by atoms with Crippen molar-refractivity contribution < 1.29 is 14.2 Å². The monoisotopic (exact) mass is 181 g/mol. The van der Waals surface area contributed by atoms with Crippen LogP contribution in [0.1, 0.15) is 5.56 Å². The summed E-state index contributed by atoms with van der Waals surface area (Å²) in [5, 5.41) is 0. The molecule has 0 amide bonds. The van der Waals surface area contributed by atoms with Crippen LogP contribution in [0.3, 0.4) is 0 Å². The third kappa shape index (κ3) is 2.36. The highest BCUT2D eigenvalue weighted by Gasteiger charge is 2.03. The van der Waals surface area contributed by atoms with Crippen molar-refractivity contribution in [3.8, 4) is 11.5 Å². The number of methoxy groups -OCH3 is 2. The first-order valence-electron chi connectivity index (χ1n) is 3.89. The van der Waals surface area contributed by atoms with Gasteiger partial charge in [0.05, 0.1) is 13.7 Å². The van der Waals surface area contributed by atoms with Gasteiger partial charge in [-0.25, -0.2) is 0 Å². The smallest absolute Gasteiger partial charge is 0.161 e. The second-order valence-electron chi connectivity index (χ2n) is 2.56. The summed E-state index contributed by atoms with van der Waals surface area (Å²) in [6, 6.07) is 5.58. The molecule has 0 bridgehead atoms. The number of benzene rings is 1. The average Bonchev–Trinajstić information content (AvgIpc) is 2.18. The Kier molecular flexibility index (Phi) is 3.58. The summed E-state index contributed by atoms with van der Waals surface area (Å²) in [4.78, 5) is 0. The summed E-state index contributed by atoms with van der Waals surface area (Å²) in [6.07, 6.45) is 0. The Labute approximate surface area is 78.2 Å². The second kappa shape index (κ2) is 4.72. The highest BCUT2D eigenvalue weighted by atomic mass is 16.5. The van der Waals surface area contributed by atoms with Crippen LogP contribution in [-0.4, -0.2) is 14.2 Å². The van der Waals surface area contributed by atoms with E-state index in [0.717, 1.165) is 5.56 Å². The molecule has 0 N–H and O–H groups in total. The van der Waals surface area contributed by atoms with Crippen LogP contribution < -0.4 is 9.47 Å². The molecule has 1 aromatic rings. The Morgan fingerprint density at radius 3 is 2.54 bits per heavy atom. The Hall–Kier alpha value is -1.22. The van der Waals surface area contributed by atoms with E-state index in [0.29, 0.717) is 18.1 Å². The molecule has 3 heteroatoms. The summed E-state index contributed by atoms with van der Waals surface area (Å²) in [6.45, 7) is 0.563. The molecule has 0 aliphatic carbocycles. The normalized spacial score (nSPS) is 9.77. The largest absolute Gasteiger partial charge is 0.493 e. The van der Waals surface area contributed by atoms with E-state index in [1.807, 2.05) is 12.1 Å². The van der Waals surface area contributed by atoms with Crippen LogP contribution in [0.25, 0.3) is 0 Å². The summed E-state index contributed by atoms with van der Waals surface area (Å²) in [5.41, 5.74) is 1.04. The molecule has 1 radical (unpaired) electrons. The maximum Gasteiger partial charge on any atom is 0.161 e. The van der Waals surface area contributed by atoms with Gasteiger partial charge in [0.1, 0.15) is 7.11 Å². The predicted molar refractivity (Wildman–Crippen MR) is 49.7 cm³/mol. The van der Waals surface area contributed by atoms with Gasteiger partial charge < -0.3 is 14.2 Å². The number of ether oxygens (including phenoxy) is 3. The second-order valence-corrected chi connectivity index (χ2v) is 2.56. The molecular formula is C10H13O3. The van der Waals surface area contributed by atoms with Gasteiger partial charge in [0, 0.05) is 7.11 Å². The van der Waals surface area contributed by atoms with Crippen molar-refractivity contribution in [2.24, 2.45) is 0 Å². The fraction of sp³-hybridized carbons (Fsp3) is 0.300. The molecule has 13 heavy (non-hydrogen) atoms. The zero-order valence-corrected chi connectivity index (χ0v) is 7.87. The molecule has 0 spiro atoms. The van der Waals surface area contributed by atoms with Crippen LogP contribution in [0.4, 0.5) is 0 Å². The van der Waals surface area contributed by atoms with Crippen molar-refractivity contribution in [3.63, 3.8) is 0 Å². The maximum absolute atomic E-state index is 5.10. The van der Waals surface area contributed by atoms with Gasteiger partial charge in [-0.3, -0.25) is 0 Å². The summed E-state index contributed by atoms with van der Waals surface area (Å²) < 4.78 is 14.9. The highest BCUT2D eigenvalue weighted by Crippen LogP contribution is 2.27. The Balaban J connectivity index is 2.91. The molecule has 0 aromatic heterocycles. The fourth-order valence-corrected chi connectivity index (χ4v) is 1.09. The summed E-state index contributed by atoms with van der Waals surface area (Å²) >= 11 is 0. The molecule has 0 aliphatic rings. The van der Waals surface area contributed by atoms with E-state index in [4.69, 9.17) is 14.2 Å². The lowest BCUT2D eigenvalue weighted by Crippen LogP contribution is -1.92. The van der Waals surface area contributed by atoms with Gasteiger partial charge in [0.15, 0.2) is 11.5 Å². The zero-order chi connectivity index (χ0) is 9.68. The van der Waals surface area contributed by atoms with Crippen LogP contribution in [0.2, 0.25) is 0 Å². The van der Waals surface area contributed by atoms with Gasteiger partial charge in [-0.05, 0) is 17.7 Å². The van der Waals surface area contributed by atoms with E-state index in [1.54, 1.807) is 20.3 Å². The van der Waals surface area contributed by atoms with Crippen LogP contribution in [0.5, 0.6) is 11.5 Å². The first-order valence-corrected chi connectivity index (χ1v) is 3.89. The van der Waals surface area contributed by atoms with E-state index >= 15 is 0 Å². The maximum atomic E-state index is 5.10. The Morgan fingerprint density at radius 1 is 1.23 bits per heavy atom. The Morgan fingerprint density at radius 2 is 2.00 bits per heavy atom. The van der Waals surface area contributed by atoms with Crippen molar-refractivity contribution in [2.75, 3.05) is 14.2 Å². The van der Waals surface area contributed by atoms with E-state index < -0.39 is 0 Å². The minimum absolute atomic E-state index is 0.563. The Bertz CT molecular complexity index is 271. The molecule has 71 valence electrons. The molecule has 0 saturated carbocycles.